The quantitative estimate of drug-likeness (QED) is 0.835. The molecule has 0 spiro atoms. The van der Waals surface area contributed by atoms with Crippen molar-refractivity contribution in [2.75, 3.05) is 12.8 Å². The van der Waals surface area contributed by atoms with Gasteiger partial charge in [0.2, 0.25) is 0 Å². The molecule has 0 radical (unpaired) electrons. The van der Waals surface area contributed by atoms with Crippen molar-refractivity contribution in [1.82, 2.24) is 5.32 Å². The van der Waals surface area contributed by atoms with E-state index in [0.717, 1.165) is 16.8 Å². The predicted octanol–water partition coefficient (Wildman–Crippen LogP) is 4.32. The summed E-state index contributed by atoms with van der Waals surface area (Å²) >= 11 is 7.97. The van der Waals surface area contributed by atoms with Gasteiger partial charge < -0.3 is 5.32 Å². The van der Waals surface area contributed by atoms with E-state index < -0.39 is 0 Å². The largest absolute Gasteiger partial charge is 0.314 e. The third-order valence-electron chi connectivity index (χ3n) is 3.84. The summed E-state index contributed by atoms with van der Waals surface area (Å²) in [4.78, 5) is 0. The van der Waals surface area contributed by atoms with E-state index in [1.807, 2.05) is 17.8 Å². The van der Waals surface area contributed by atoms with Crippen LogP contribution in [-0.2, 0) is 0 Å². The van der Waals surface area contributed by atoms with Gasteiger partial charge in [-0.2, -0.15) is 11.8 Å². The molecule has 1 nitrogen and oxygen atoms in total. The Morgan fingerprint density at radius 3 is 2.89 bits per heavy atom. The molecule has 1 aromatic rings. The lowest BCUT2D eigenvalue weighted by Gasteiger charge is -2.36. The first-order valence-corrected chi connectivity index (χ1v) is 8.37. The Kier molecular flexibility index (Phi) is 5.40. The fourth-order valence-electron chi connectivity index (χ4n) is 2.43. The Balaban J connectivity index is 1.68. The lowest BCUT2D eigenvalue weighted by atomic mass is 9.76. The fraction of sp³-hybridized carbons (Fsp3) is 0.600. The standard InChI is InChI=1S/C15H22ClNS/c1-11(18-2)6-7-17-15-9-13(10-15)12-4-3-5-14(16)8-12/h3-5,8,11,13,15,17H,6-7,9-10H2,1-2H3. The molecule has 1 atom stereocenters. The van der Waals surface area contributed by atoms with Crippen LogP contribution in [0.4, 0.5) is 0 Å². The molecule has 0 aliphatic heterocycles. The summed E-state index contributed by atoms with van der Waals surface area (Å²) in [5.41, 5.74) is 1.40. The van der Waals surface area contributed by atoms with Crippen molar-refractivity contribution >= 4 is 23.4 Å². The van der Waals surface area contributed by atoms with E-state index in [2.05, 4.69) is 36.7 Å². The highest BCUT2D eigenvalue weighted by Crippen LogP contribution is 2.37. The average molecular weight is 284 g/mol. The maximum absolute atomic E-state index is 6.02. The molecule has 1 unspecified atom stereocenters. The predicted molar refractivity (Wildman–Crippen MR) is 82.8 cm³/mol. The summed E-state index contributed by atoms with van der Waals surface area (Å²) in [5, 5.41) is 5.28. The fourth-order valence-corrected chi connectivity index (χ4v) is 2.98. The van der Waals surface area contributed by atoms with Crippen molar-refractivity contribution < 1.29 is 0 Å². The Morgan fingerprint density at radius 2 is 2.22 bits per heavy atom. The van der Waals surface area contributed by atoms with Gasteiger partial charge in [0.05, 0.1) is 0 Å². The van der Waals surface area contributed by atoms with Gasteiger partial charge in [-0.05, 0) is 55.7 Å². The summed E-state index contributed by atoms with van der Waals surface area (Å²) in [5.74, 6) is 0.708. The van der Waals surface area contributed by atoms with E-state index in [0.29, 0.717) is 12.0 Å². The molecule has 0 aromatic heterocycles. The number of hydrogen-bond donors (Lipinski definition) is 1. The Labute approximate surface area is 120 Å². The molecule has 1 aliphatic rings. The SMILES string of the molecule is CSC(C)CCNC1CC(c2cccc(Cl)c2)C1. The van der Waals surface area contributed by atoms with Gasteiger partial charge in [-0.1, -0.05) is 30.7 Å². The highest BCUT2D eigenvalue weighted by Gasteiger charge is 2.29. The van der Waals surface area contributed by atoms with Gasteiger partial charge in [0.25, 0.3) is 0 Å². The van der Waals surface area contributed by atoms with Crippen LogP contribution in [0.3, 0.4) is 0 Å². The van der Waals surface area contributed by atoms with Crippen LogP contribution in [0.25, 0.3) is 0 Å². The van der Waals surface area contributed by atoms with E-state index in [4.69, 9.17) is 11.6 Å². The summed E-state index contributed by atoms with van der Waals surface area (Å²) < 4.78 is 0. The van der Waals surface area contributed by atoms with E-state index in [1.54, 1.807) is 0 Å². The van der Waals surface area contributed by atoms with Gasteiger partial charge in [0, 0.05) is 16.3 Å². The third kappa shape index (κ3) is 3.91. The second-order valence-electron chi connectivity index (χ2n) is 5.21. The van der Waals surface area contributed by atoms with Crippen molar-refractivity contribution in [2.24, 2.45) is 0 Å². The summed E-state index contributed by atoms with van der Waals surface area (Å²) in [6, 6.07) is 9.02. The number of halogens is 1. The van der Waals surface area contributed by atoms with Gasteiger partial charge in [0.15, 0.2) is 0 Å². The van der Waals surface area contributed by atoms with Crippen LogP contribution >= 0.6 is 23.4 Å². The van der Waals surface area contributed by atoms with Gasteiger partial charge in [-0.25, -0.2) is 0 Å². The second kappa shape index (κ2) is 6.83. The molecule has 0 saturated heterocycles. The van der Waals surface area contributed by atoms with E-state index in [-0.39, 0.29) is 0 Å². The van der Waals surface area contributed by atoms with Gasteiger partial charge in [-0.15, -0.1) is 0 Å². The zero-order chi connectivity index (χ0) is 13.0. The molecule has 0 amide bonds. The topological polar surface area (TPSA) is 12.0 Å². The smallest absolute Gasteiger partial charge is 0.0408 e. The minimum atomic E-state index is 0.708. The van der Waals surface area contributed by atoms with E-state index in [9.17, 15) is 0 Å². The van der Waals surface area contributed by atoms with Crippen molar-refractivity contribution in [3.63, 3.8) is 0 Å². The Bertz CT molecular complexity index is 377. The number of thioether (sulfide) groups is 1. The first-order chi connectivity index (χ1) is 8.69. The van der Waals surface area contributed by atoms with Crippen LogP contribution < -0.4 is 5.32 Å². The van der Waals surface area contributed by atoms with Crippen molar-refractivity contribution in [3.8, 4) is 0 Å². The van der Waals surface area contributed by atoms with Crippen LogP contribution in [0, 0.1) is 0 Å². The number of benzene rings is 1. The molecule has 0 heterocycles. The molecular formula is C15H22ClNS. The molecule has 1 aliphatic carbocycles. The number of nitrogens with one attached hydrogen (secondary N) is 1. The van der Waals surface area contributed by atoms with Crippen molar-refractivity contribution in [2.45, 2.75) is 43.4 Å². The number of rotatable bonds is 6. The molecular weight excluding hydrogens is 262 g/mol. The highest BCUT2D eigenvalue weighted by atomic mass is 35.5. The molecule has 1 fully saturated rings. The zero-order valence-electron chi connectivity index (χ0n) is 11.2. The van der Waals surface area contributed by atoms with Gasteiger partial charge in [0.1, 0.15) is 0 Å². The monoisotopic (exact) mass is 283 g/mol. The zero-order valence-corrected chi connectivity index (χ0v) is 12.7. The van der Waals surface area contributed by atoms with E-state index in [1.165, 1.54) is 24.8 Å². The van der Waals surface area contributed by atoms with Gasteiger partial charge >= 0.3 is 0 Å². The highest BCUT2D eigenvalue weighted by molar-refractivity contribution is 7.99. The lowest BCUT2D eigenvalue weighted by molar-refractivity contribution is 0.291. The summed E-state index contributed by atoms with van der Waals surface area (Å²) in [6.07, 6.45) is 5.96. The molecule has 0 bridgehead atoms. The maximum atomic E-state index is 6.02. The second-order valence-corrected chi connectivity index (χ2v) is 6.92. The van der Waals surface area contributed by atoms with Crippen LogP contribution in [0.2, 0.25) is 5.02 Å². The van der Waals surface area contributed by atoms with Crippen molar-refractivity contribution in [3.05, 3.63) is 34.9 Å². The lowest BCUT2D eigenvalue weighted by Crippen LogP contribution is -2.40. The van der Waals surface area contributed by atoms with Crippen LogP contribution in [-0.4, -0.2) is 24.1 Å². The normalized spacial score (nSPS) is 24.6. The summed E-state index contributed by atoms with van der Waals surface area (Å²) in [7, 11) is 0. The Morgan fingerprint density at radius 1 is 1.44 bits per heavy atom. The number of hydrogen-bond acceptors (Lipinski definition) is 2. The van der Waals surface area contributed by atoms with Crippen molar-refractivity contribution in [1.29, 1.82) is 0 Å². The minimum absolute atomic E-state index is 0.708. The molecule has 18 heavy (non-hydrogen) atoms. The van der Waals surface area contributed by atoms with Gasteiger partial charge in [-0.3, -0.25) is 0 Å². The summed E-state index contributed by atoms with van der Waals surface area (Å²) in [6.45, 7) is 3.44. The average Bonchev–Trinajstić information content (AvgIpc) is 2.31. The van der Waals surface area contributed by atoms with Crippen LogP contribution in [0.15, 0.2) is 24.3 Å². The van der Waals surface area contributed by atoms with Crippen LogP contribution in [0.5, 0.6) is 0 Å². The van der Waals surface area contributed by atoms with Crippen LogP contribution in [0.1, 0.15) is 37.7 Å². The molecule has 1 saturated carbocycles. The minimum Gasteiger partial charge on any atom is -0.314 e. The molecule has 1 aromatic carbocycles. The molecule has 1 N–H and O–H groups in total. The first kappa shape index (κ1) is 14.2. The molecule has 2 rings (SSSR count). The Hall–Kier alpha value is -0.180. The van der Waals surface area contributed by atoms with E-state index >= 15 is 0 Å². The first-order valence-electron chi connectivity index (χ1n) is 6.70. The molecule has 100 valence electrons. The molecule has 3 heteroatoms. The maximum Gasteiger partial charge on any atom is 0.0408 e. The third-order valence-corrected chi connectivity index (χ3v) is 5.12.